The zero-order valence-corrected chi connectivity index (χ0v) is 14.7. The summed E-state index contributed by atoms with van der Waals surface area (Å²) < 4.78 is 0. The van der Waals surface area contributed by atoms with Gasteiger partial charge in [-0.2, -0.15) is 0 Å². The highest BCUT2D eigenvalue weighted by molar-refractivity contribution is 6.31. The molecule has 0 fully saturated rings. The van der Waals surface area contributed by atoms with Crippen LogP contribution in [0.25, 0.3) is 0 Å². The van der Waals surface area contributed by atoms with Gasteiger partial charge in [0.2, 0.25) is 0 Å². The predicted molar refractivity (Wildman–Crippen MR) is 103 cm³/mol. The number of halogens is 1. The molecule has 0 aliphatic rings. The van der Waals surface area contributed by atoms with Crippen LogP contribution in [0.3, 0.4) is 0 Å². The molecule has 4 nitrogen and oxygen atoms in total. The first kappa shape index (κ1) is 17.7. The third kappa shape index (κ3) is 4.49. The minimum atomic E-state index is -0.267. The lowest BCUT2D eigenvalue weighted by atomic mass is 10.1. The first-order valence-corrected chi connectivity index (χ1v) is 8.49. The van der Waals surface area contributed by atoms with Gasteiger partial charge < -0.3 is 10.6 Å². The van der Waals surface area contributed by atoms with Crippen LogP contribution in [0.15, 0.2) is 78.9 Å². The average molecular weight is 365 g/mol. The van der Waals surface area contributed by atoms with Crippen LogP contribution < -0.4 is 10.6 Å². The van der Waals surface area contributed by atoms with Crippen LogP contribution in [0, 0.1) is 0 Å². The largest absolute Gasteiger partial charge is 0.348 e. The van der Waals surface area contributed by atoms with Gasteiger partial charge in [-0.05, 0) is 42.0 Å². The van der Waals surface area contributed by atoms with Crippen LogP contribution in [-0.4, -0.2) is 11.8 Å². The molecular weight excluding hydrogens is 348 g/mol. The molecule has 0 aliphatic carbocycles. The fourth-order valence-electron chi connectivity index (χ4n) is 2.45. The Morgan fingerprint density at radius 2 is 1.42 bits per heavy atom. The second-order valence-electron chi connectivity index (χ2n) is 5.68. The van der Waals surface area contributed by atoms with Gasteiger partial charge in [0, 0.05) is 28.4 Å². The summed E-state index contributed by atoms with van der Waals surface area (Å²) in [6, 6.07) is 23.1. The molecule has 0 atom stereocenters. The standard InChI is InChI=1S/C21H17ClN2O2/c22-19-12-5-4-7-17(19)14-23-20(25)15-8-6-9-16(13-15)21(26)24-18-10-2-1-3-11-18/h1-13H,14H2,(H,23,25)(H,24,26). The predicted octanol–water partition coefficient (Wildman–Crippen LogP) is 4.52. The van der Waals surface area contributed by atoms with Crippen molar-refractivity contribution >= 4 is 29.1 Å². The average Bonchev–Trinajstić information content (AvgIpc) is 2.68. The molecule has 0 saturated carbocycles. The van der Waals surface area contributed by atoms with E-state index < -0.39 is 0 Å². The molecular formula is C21H17ClN2O2. The van der Waals surface area contributed by atoms with E-state index in [1.165, 1.54) is 0 Å². The first-order chi connectivity index (χ1) is 12.6. The molecule has 2 amide bonds. The third-order valence-electron chi connectivity index (χ3n) is 3.82. The van der Waals surface area contributed by atoms with Crippen molar-refractivity contribution in [2.75, 3.05) is 5.32 Å². The zero-order valence-electron chi connectivity index (χ0n) is 13.9. The highest BCUT2D eigenvalue weighted by Gasteiger charge is 2.11. The third-order valence-corrected chi connectivity index (χ3v) is 4.18. The summed E-state index contributed by atoms with van der Waals surface area (Å²) in [4.78, 5) is 24.7. The van der Waals surface area contributed by atoms with E-state index in [2.05, 4.69) is 10.6 Å². The second kappa shape index (κ2) is 8.32. The van der Waals surface area contributed by atoms with E-state index in [0.717, 1.165) is 5.56 Å². The van der Waals surface area contributed by atoms with E-state index in [1.54, 1.807) is 42.5 Å². The van der Waals surface area contributed by atoms with Crippen molar-refractivity contribution in [2.45, 2.75) is 6.54 Å². The molecule has 130 valence electrons. The molecule has 5 heteroatoms. The van der Waals surface area contributed by atoms with E-state index >= 15 is 0 Å². The number of nitrogens with one attached hydrogen (secondary N) is 2. The number of carbonyl (C=O) groups is 2. The lowest BCUT2D eigenvalue weighted by Crippen LogP contribution is -2.23. The van der Waals surface area contributed by atoms with Crippen molar-refractivity contribution in [3.63, 3.8) is 0 Å². The Labute approximate surface area is 156 Å². The van der Waals surface area contributed by atoms with Crippen LogP contribution in [0.1, 0.15) is 26.3 Å². The first-order valence-electron chi connectivity index (χ1n) is 8.11. The van der Waals surface area contributed by atoms with E-state index in [1.807, 2.05) is 36.4 Å². The van der Waals surface area contributed by atoms with Crippen molar-refractivity contribution in [1.29, 1.82) is 0 Å². The molecule has 0 unspecified atom stereocenters. The van der Waals surface area contributed by atoms with Crippen molar-refractivity contribution < 1.29 is 9.59 Å². The van der Waals surface area contributed by atoms with Gasteiger partial charge in [0.05, 0.1) is 0 Å². The van der Waals surface area contributed by atoms with E-state index in [9.17, 15) is 9.59 Å². The summed E-state index contributed by atoms with van der Waals surface area (Å²) in [6.45, 7) is 0.318. The van der Waals surface area contributed by atoms with Crippen molar-refractivity contribution in [3.05, 3.63) is 101 Å². The number of hydrogen-bond donors (Lipinski definition) is 2. The maximum atomic E-state index is 12.4. The fraction of sp³-hybridized carbons (Fsp3) is 0.0476. The molecule has 2 N–H and O–H groups in total. The Kier molecular flexibility index (Phi) is 5.66. The molecule has 26 heavy (non-hydrogen) atoms. The highest BCUT2D eigenvalue weighted by Crippen LogP contribution is 2.15. The fourth-order valence-corrected chi connectivity index (χ4v) is 2.65. The molecule has 0 radical (unpaired) electrons. The van der Waals surface area contributed by atoms with Crippen LogP contribution >= 0.6 is 11.6 Å². The number of amides is 2. The highest BCUT2D eigenvalue weighted by atomic mass is 35.5. The topological polar surface area (TPSA) is 58.2 Å². The van der Waals surface area contributed by atoms with Gasteiger partial charge in [0.1, 0.15) is 0 Å². The normalized spacial score (nSPS) is 10.2. The molecule has 0 aliphatic heterocycles. The maximum absolute atomic E-state index is 12.4. The van der Waals surface area contributed by atoms with E-state index in [-0.39, 0.29) is 11.8 Å². The van der Waals surface area contributed by atoms with Crippen molar-refractivity contribution in [1.82, 2.24) is 5.32 Å². The summed E-state index contributed by atoms with van der Waals surface area (Å²) >= 11 is 6.09. The molecule has 0 aromatic heterocycles. The minimum absolute atomic E-state index is 0.265. The monoisotopic (exact) mass is 364 g/mol. The quantitative estimate of drug-likeness (QED) is 0.699. The van der Waals surface area contributed by atoms with Crippen LogP contribution in [0.2, 0.25) is 5.02 Å². The second-order valence-corrected chi connectivity index (χ2v) is 6.08. The Balaban J connectivity index is 1.67. The Morgan fingerprint density at radius 1 is 0.769 bits per heavy atom. The lowest BCUT2D eigenvalue weighted by Gasteiger charge is -2.09. The molecule has 0 spiro atoms. The Morgan fingerprint density at radius 3 is 2.15 bits per heavy atom. The van der Waals surface area contributed by atoms with Gasteiger partial charge in [0.25, 0.3) is 11.8 Å². The molecule has 0 saturated heterocycles. The number of rotatable bonds is 5. The van der Waals surface area contributed by atoms with Gasteiger partial charge in [-0.25, -0.2) is 0 Å². The molecule has 0 heterocycles. The summed E-state index contributed by atoms with van der Waals surface area (Å²) in [5, 5.41) is 6.22. The summed E-state index contributed by atoms with van der Waals surface area (Å²) in [7, 11) is 0. The van der Waals surface area contributed by atoms with Gasteiger partial charge in [0.15, 0.2) is 0 Å². The molecule has 0 bridgehead atoms. The number of carbonyl (C=O) groups excluding carboxylic acids is 2. The Hall–Kier alpha value is -3.11. The van der Waals surface area contributed by atoms with Crippen LogP contribution in [0.5, 0.6) is 0 Å². The van der Waals surface area contributed by atoms with Crippen LogP contribution in [-0.2, 0) is 6.54 Å². The smallest absolute Gasteiger partial charge is 0.255 e. The van der Waals surface area contributed by atoms with Gasteiger partial charge in [-0.1, -0.05) is 54.1 Å². The van der Waals surface area contributed by atoms with Crippen LogP contribution in [0.4, 0.5) is 5.69 Å². The molecule has 3 aromatic rings. The van der Waals surface area contributed by atoms with Gasteiger partial charge in [-0.3, -0.25) is 9.59 Å². The van der Waals surface area contributed by atoms with Gasteiger partial charge >= 0.3 is 0 Å². The number of para-hydroxylation sites is 1. The van der Waals surface area contributed by atoms with Gasteiger partial charge in [-0.15, -0.1) is 0 Å². The number of benzene rings is 3. The summed E-state index contributed by atoms with van der Waals surface area (Å²) in [6.07, 6.45) is 0. The summed E-state index contributed by atoms with van der Waals surface area (Å²) in [5.74, 6) is -0.531. The maximum Gasteiger partial charge on any atom is 0.255 e. The lowest BCUT2D eigenvalue weighted by molar-refractivity contribution is 0.0951. The van der Waals surface area contributed by atoms with Crippen molar-refractivity contribution in [3.8, 4) is 0 Å². The number of anilines is 1. The summed E-state index contributed by atoms with van der Waals surface area (Å²) in [5.41, 5.74) is 2.36. The van der Waals surface area contributed by atoms with Crippen molar-refractivity contribution in [2.24, 2.45) is 0 Å². The SMILES string of the molecule is O=C(NCc1ccccc1Cl)c1cccc(C(=O)Nc2ccccc2)c1. The zero-order chi connectivity index (χ0) is 18.4. The van der Waals surface area contributed by atoms with E-state index in [4.69, 9.17) is 11.6 Å². The minimum Gasteiger partial charge on any atom is -0.348 e. The molecule has 3 rings (SSSR count). The number of hydrogen-bond acceptors (Lipinski definition) is 2. The van der Waals surface area contributed by atoms with E-state index in [0.29, 0.717) is 28.4 Å². The Bertz CT molecular complexity index is 926. The molecule has 3 aromatic carbocycles.